The van der Waals surface area contributed by atoms with Crippen LogP contribution in [0.3, 0.4) is 0 Å². The summed E-state index contributed by atoms with van der Waals surface area (Å²) >= 11 is 0. The van der Waals surface area contributed by atoms with E-state index in [1.165, 1.54) is 12.1 Å². The number of halogens is 2. The zero-order valence-electron chi connectivity index (χ0n) is 16.3. The number of guanidine groups is 1. The van der Waals surface area contributed by atoms with E-state index in [4.69, 9.17) is 9.47 Å². The van der Waals surface area contributed by atoms with Gasteiger partial charge < -0.3 is 9.47 Å². The second-order valence-corrected chi connectivity index (χ2v) is 7.63. The van der Waals surface area contributed by atoms with E-state index < -0.39 is 35.0 Å². The number of rotatable bonds is 2. The van der Waals surface area contributed by atoms with Crippen LogP contribution in [0.5, 0.6) is 0 Å². The van der Waals surface area contributed by atoms with Crippen molar-refractivity contribution >= 4 is 18.1 Å². The van der Waals surface area contributed by atoms with Gasteiger partial charge in [-0.15, -0.1) is 0 Å². The van der Waals surface area contributed by atoms with Crippen molar-refractivity contribution in [2.24, 2.45) is 4.99 Å². The molecule has 1 rings (SSSR count). The quantitative estimate of drug-likeness (QED) is 0.597. The largest absolute Gasteiger partial charge is 0.444 e. The van der Waals surface area contributed by atoms with Crippen molar-refractivity contribution in [2.75, 3.05) is 0 Å². The third kappa shape index (κ3) is 8.98. The van der Waals surface area contributed by atoms with Gasteiger partial charge in [-0.1, -0.05) is 12.1 Å². The Kier molecular flexibility index (Phi) is 7.27. The highest BCUT2D eigenvalue weighted by Crippen LogP contribution is 2.12. The lowest BCUT2D eigenvalue weighted by Gasteiger charge is -2.22. The minimum atomic E-state index is -1.06. The number of ether oxygens (including phenoxy) is 2. The van der Waals surface area contributed by atoms with Gasteiger partial charge in [0.25, 0.3) is 0 Å². The maximum Gasteiger partial charge on any atom is 0.414 e. The van der Waals surface area contributed by atoms with Crippen LogP contribution in [0.1, 0.15) is 47.1 Å². The lowest BCUT2D eigenvalue weighted by atomic mass is 10.2. The van der Waals surface area contributed by atoms with E-state index in [1.54, 1.807) is 41.5 Å². The van der Waals surface area contributed by atoms with Crippen LogP contribution in [0.25, 0.3) is 0 Å². The molecule has 0 heterocycles. The van der Waals surface area contributed by atoms with Gasteiger partial charge in [0.2, 0.25) is 5.96 Å². The normalized spacial score (nSPS) is 11.4. The van der Waals surface area contributed by atoms with Gasteiger partial charge in [-0.2, -0.15) is 0 Å². The summed E-state index contributed by atoms with van der Waals surface area (Å²) in [5.41, 5.74) is -1.62. The highest BCUT2D eigenvalue weighted by atomic mass is 19.2. The van der Waals surface area contributed by atoms with Gasteiger partial charge in [0.05, 0.1) is 6.54 Å². The molecular formula is C18H25F2N3O4. The summed E-state index contributed by atoms with van der Waals surface area (Å²) in [5.74, 6) is -2.40. The molecule has 9 heteroatoms. The summed E-state index contributed by atoms with van der Waals surface area (Å²) in [6.07, 6.45) is -1.76. The molecule has 2 N–H and O–H groups in total. The number of hydrogen-bond donors (Lipinski definition) is 2. The van der Waals surface area contributed by atoms with E-state index in [0.29, 0.717) is 0 Å². The number of carbonyl (C=O) groups excluding carboxylic acids is 2. The summed E-state index contributed by atoms with van der Waals surface area (Å²) in [5, 5.41) is 4.51. The summed E-state index contributed by atoms with van der Waals surface area (Å²) in [7, 11) is 0. The van der Waals surface area contributed by atoms with E-state index >= 15 is 0 Å². The second kappa shape index (κ2) is 8.79. The standard InChI is InChI=1S/C18H25F2N3O4/c1-17(2,3)26-15(24)22-14(23-16(25)27-18(4,5)6)21-10-11-8-7-9-12(19)13(11)20/h7-9H,10H2,1-6H3,(H2,21,22,23,24,25). The molecule has 0 radical (unpaired) electrons. The lowest BCUT2D eigenvalue weighted by Crippen LogP contribution is -2.47. The van der Waals surface area contributed by atoms with Crippen LogP contribution in [0.2, 0.25) is 0 Å². The van der Waals surface area contributed by atoms with E-state index in [0.717, 1.165) is 6.07 Å². The molecule has 27 heavy (non-hydrogen) atoms. The molecule has 0 aliphatic carbocycles. The number of benzene rings is 1. The Morgan fingerprint density at radius 1 is 0.963 bits per heavy atom. The van der Waals surface area contributed by atoms with Crippen molar-refractivity contribution in [1.29, 1.82) is 0 Å². The Bertz CT molecular complexity index is 690. The number of nitrogens with zero attached hydrogens (tertiary/aromatic N) is 1. The molecule has 0 aliphatic heterocycles. The van der Waals surface area contributed by atoms with Crippen LogP contribution in [0.15, 0.2) is 23.2 Å². The fraction of sp³-hybridized carbons (Fsp3) is 0.500. The average molecular weight is 385 g/mol. The van der Waals surface area contributed by atoms with Gasteiger partial charge in [0.1, 0.15) is 11.2 Å². The van der Waals surface area contributed by atoms with Gasteiger partial charge in [0.15, 0.2) is 11.6 Å². The van der Waals surface area contributed by atoms with Crippen LogP contribution < -0.4 is 10.6 Å². The van der Waals surface area contributed by atoms with E-state index in [1.807, 2.05) is 0 Å². The first-order valence-corrected chi connectivity index (χ1v) is 8.24. The summed E-state index contributed by atoms with van der Waals surface area (Å²) in [6.45, 7) is 9.63. The number of hydrogen-bond acceptors (Lipinski definition) is 5. The second-order valence-electron chi connectivity index (χ2n) is 7.63. The lowest BCUT2D eigenvalue weighted by molar-refractivity contribution is 0.0545. The van der Waals surface area contributed by atoms with Crippen molar-refractivity contribution in [1.82, 2.24) is 10.6 Å². The maximum absolute atomic E-state index is 13.8. The fourth-order valence-electron chi connectivity index (χ4n) is 1.75. The predicted molar refractivity (Wildman–Crippen MR) is 96.2 cm³/mol. The molecule has 0 fully saturated rings. The number of aliphatic imine (C=N–C) groups is 1. The van der Waals surface area contributed by atoms with Crippen LogP contribution in [0, 0.1) is 11.6 Å². The van der Waals surface area contributed by atoms with Crippen LogP contribution in [0.4, 0.5) is 18.4 Å². The van der Waals surface area contributed by atoms with Crippen molar-refractivity contribution in [3.8, 4) is 0 Å². The summed E-state index contributed by atoms with van der Waals surface area (Å²) < 4.78 is 37.2. The van der Waals surface area contributed by atoms with E-state index in [-0.39, 0.29) is 18.1 Å². The van der Waals surface area contributed by atoms with Gasteiger partial charge in [0, 0.05) is 5.56 Å². The summed E-state index contributed by atoms with van der Waals surface area (Å²) in [4.78, 5) is 27.8. The maximum atomic E-state index is 13.8. The Hall–Kier alpha value is -2.71. The number of nitrogens with one attached hydrogen (secondary N) is 2. The molecule has 0 atom stereocenters. The molecule has 0 unspecified atom stereocenters. The first-order chi connectivity index (χ1) is 12.3. The van der Waals surface area contributed by atoms with Crippen molar-refractivity contribution < 1.29 is 27.8 Å². The fourth-order valence-corrected chi connectivity index (χ4v) is 1.75. The number of carbonyl (C=O) groups is 2. The van der Waals surface area contributed by atoms with Gasteiger partial charge >= 0.3 is 12.2 Å². The molecule has 0 aromatic heterocycles. The molecule has 7 nitrogen and oxygen atoms in total. The minimum Gasteiger partial charge on any atom is -0.444 e. The Balaban J connectivity index is 2.96. The SMILES string of the molecule is CC(C)(C)OC(=O)NC(=NCc1cccc(F)c1F)NC(=O)OC(C)(C)C. The summed E-state index contributed by atoms with van der Waals surface area (Å²) in [6, 6.07) is 3.63. The minimum absolute atomic E-state index is 0.0514. The molecule has 150 valence electrons. The zero-order valence-corrected chi connectivity index (χ0v) is 16.3. The first-order valence-electron chi connectivity index (χ1n) is 8.24. The van der Waals surface area contributed by atoms with Gasteiger partial charge in [-0.25, -0.2) is 23.4 Å². The number of alkyl carbamates (subject to hydrolysis) is 2. The van der Waals surface area contributed by atoms with Crippen LogP contribution >= 0.6 is 0 Å². The van der Waals surface area contributed by atoms with Crippen molar-refractivity contribution in [3.63, 3.8) is 0 Å². The smallest absolute Gasteiger partial charge is 0.414 e. The Morgan fingerprint density at radius 3 is 1.89 bits per heavy atom. The first kappa shape index (κ1) is 22.3. The topological polar surface area (TPSA) is 89.0 Å². The van der Waals surface area contributed by atoms with Crippen LogP contribution in [-0.2, 0) is 16.0 Å². The third-order valence-electron chi connectivity index (χ3n) is 2.68. The average Bonchev–Trinajstić information content (AvgIpc) is 2.44. The molecule has 0 aliphatic rings. The predicted octanol–water partition coefficient (Wildman–Crippen LogP) is 3.87. The Labute approximate surface area is 157 Å². The van der Waals surface area contributed by atoms with E-state index in [9.17, 15) is 18.4 Å². The molecule has 2 amide bonds. The molecule has 0 spiro atoms. The molecule has 0 saturated heterocycles. The molecule has 1 aromatic rings. The molecule has 0 bridgehead atoms. The number of amides is 2. The van der Waals surface area contributed by atoms with E-state index in [2.05, 4.69) is 15.6 Å². The van der Waals surface area contributed by atoms with Crippen LogP contribution in [-0.4, -0.2) is 29.3 Å². The van der Waals surface area contributed by atoms with Gasteiger partial charge in [-0.05, 0) is 47.6 Å². The zero-order chi connectivity index (χ0) is 20.8. The Morgan fingerprint density at radius 2 is 1.44 bits per heavy atom. The molecule has 0 saturated carbocycles. The van der Waals surface area contributed by atoms with Crippen molar-refractivity contribution in [2.45, 2.75) is 59.3 Å². The molecule has 1 aromatic carbocycles. The third-order valence-corrected chi connectivity index (χ3v) is 2.68. The molecular weight excluding hydrogens is 360 g/mol. The highest BCUT2D eigenvalue weighted by Gasteiger charge is 2.21. The monoisotopic (exact) mass is 385 g/mol. The van der Waals surface area contributed by atoms with Gasteiger partial charge in [-0.3, -0.25) is 10.6 Å². The highest BCUT2D eigenvalue weighted by molar-refractivity contribution is 6.01. The van der Waals surface area contributed by atoms with Crippen molar-refractivity contribution in [3.05, 3.63) is 35.4 Å².